The standard InChI is InChI=1S/C15H17N3O4S2/c1-10-9-11(6-7-13(10)23(2,19)20)18-8-4-5-12-14(18)15(17-16-12)24(3,21)22/h4-9,16-17H,1-3H3. The van der Waals surface area contributed by atoms with Crippen LogP contribution in [-0.2, 0) is 19.7 Å². The molecule has 0 aliphatic carbocycles. The van der Waals surface area contributed by atoms with E-state index >= 15 is 0 Å². The Labute approximate surface area is 141 Å². The number of allylic oxidation sites excluding steroid dienone is 2. The summed E-state index contributed by atoms with van der Waals surface area (Å²) >= 11 is 0. The van der Waals surface area contributed by atoms with Gasteiger partial charge in [0.2, 0.25) is 0 Å². The molecule has 9 heteroatoms. The molecule has 128 valence electrons. The molecule has 2 N–H and O–H groups in total. The van der Waals surface area contributed by atoms with Gasteiger partial charge in [0.1, 0.15) is 5.70 Å². The molecule has 0 unspecified atom stereocenters. The van der Waals surface area contributed by atoms with Crippen LogP contribution < -0.4 is 15.8 Å². The number of anilines is 1. The van der Waals surface area contributed by atoms with Crippen molar-refractivity contribution < 1.29 is 16.8 Å². The number of hydrogen-bond donors (Lipinski definition) is 2. The minimum Gasteiger partial charge on any atom is -0.313 e. The van der Waals surface area contributed by atoms with Crippen LogP contribution in [0.1, 0.15) is 5.56 Å². The average molecular weight is 367 g/mol. The second-order valence-corrected chi connectivity index (χ2v) is 9.65. The summed E-state index contributed by atoms with van der Waals surface area (Å²) in [4.78, 5) is 1.96. The normalized spacial score (nSPS) is 17.3. The lowest BCUT2D eigenvalue weighted by Crippen LogP contribution is -2.26. The molecule has 2 aliphatic heterocycles. The highest BCUT2D eigenvalue weighted by Gasteiger charge is 2.31. The van der Waals surface area contributed by atoms with Crippen molar-refractivity contribution >= 4 is 25.4 Å². The molecule has 0 spiro atoms. The first-order valence-electron chi connectivity index (χ1n) is 7.04. The third-order valence-corrected chi connectivity index (χ3v) is 6.02. The fraction of sp³-hybridized carbons (Fsp3) is 0.200. The molecule has 2 aliphatic rings. The average Bonchev–Trinajstić information content (AvgIpc) is 2.89. The van der Waals surface area contributed by atoms with Crippen molar-refractivity contribution in [2.24, 2.45) is 0 Å². The van der Waals surface area contributed by atoms with Gasteiger partial charge >= 0.3 is 0 Å². The first-order chi connectivity index (χ1) is 11.1. The number of hydrogen-bond acceptors (Lipinski definition) is 7. The largest absolute Gasteiger partial charge is 0.313 e. The summed E-state index contributed by atoms with van der Waals surface area (Å²) in [7, 11) is -6.77. The molecule has 1 aromatic rings. The van der Waals surface area contributed by atoms with E-state index in [-0.39, 0.29) is 9.92 Å². The maximum absolute atomic E-state index is 12.0. The van der Waals surface area contributed by atoms with Crippen molar-refractivity contribution in [3.05, 3.63) is 58.5 Å². The van der Waals surface area contributed by atoms with Crippen molar-refractivity contribution in [2.45, 2.75) is 11.8 Å². The summed E-state index contributed by atoms with van der Waals surface area (Å²) in [6.45, 7) is 1.71. The van der Waals surface area contributed by atoms with Gasteiger partial charge in [-0.3, -0.25) is 10.9 Å². The molecule has 0 aromatic heterocycles. The molecule has 1 aromatic carbocycles. The lowest BCUT2D eigenvalue weighted by atomic mass is 10.1. The molecule has 0 radical (unpaired) electrons. The highest BCUT2D eigenvalue weighted by atomic mass is 32.2. The van der Waals surface area contributed by atoms with Crippen LogP contribution in [0.5, 0.6) is 0 Å². The van der Waals surface area contributed by atoms with Crippen LogP contribution in [0.25, 0.3) is 0 Å². The molecule has 7 nitrogen and oxygen atoms in total. The van der Waals surface area contributed by atoms with E-state index in [9.17, 15) is 16.8 Å². The van der Waals surface area contributed by atoms with Gasteiger partial charge in [-0.15, -0.1) is 0 Å². The van der Waals surface area contributed by atoms with Gasteiger partial charge in [0, 0.05) is 24.4 Å². The van der Waals surface area contributed by atoms with E-state index in [2.05, 4.69) is 10.9 Å². The Kier molecular flexibility index (Phi) is 3.72. The lowest BCUT2D eigenvalue weighted by Gasteiger charge is -2.25. The van der Waals surface area contributed by atoms with Crippen LogP contribution in [-0.4, -0.2) is 29.3 Å². The number of aryl methyl sites for hydroxylation is 1. The van der Waals surface area contributed by atoms with Gasteiger partial charge in [-0.25, -0.2) is 16.8 Å². The molecule has 0 amide bonds. The van der Waals surface area contributed by atoms with Gasteiger partial charge in [-0.2, -0.15) is 0 Å². The first kappa shape index (κ1) is 16.6. The molecule has 0 bridgehead atoms. The number of fused-ring (bicyclic) bond motifs is 1. The molecule has 0 saturated carbocycles. The minimum absolute atomic E-state index is 0.0722. The number of rotatable bonds is 3. The van der Waals surface area contributed by atoms with E-state index in [4.69, 9.17) is 0 Å². The SMILES string of the molecule is Cc1cc(N2C=CC=C3NNC(S(C)(=O)=O)=C32)ccc1S(C)(=O)=O. The molecule has 24 heavy (non-hydrogen) atoms. The van der Waals surface area contributed by atoms with Crippen LogP contribution in [0.4, 0.5) is 5.69 Å². The molecule has 3 rings (SSSR count). The number of hydrazine groups is 1. The third kappa shape index (κ3) is 2.80. The van der Waals surface area contributed by atoms with E-state index in [0.717, 1.165) is 12.5 Å². The van der Waals surface area contributed by atoms with Gasteiger partial charge in [0.15, 0.2) is 24.7 Å². The summed E-state index contributed by atoms with van der Waals surface area (Å²) < 4.78 is 47.5. The Hall–Kier alpha value is -2.26. The number of benzene rings is 1. The van der Waals surface area contributed by atoms with Gasteiger partial charge in [0.25, 0.3) is 0 Å². The number of nitrogens with zero attached hydrogens (tertiary/aromatic N) is 1. The summed E-state index contributed by atoms with van der Waals surface area (Å²) in [6, 6.07) is 4.90. The van der Waals surface area contributed by atoms with Crippen molar-refractivity contribution in [1.82, 2.24) is 10.9 Å². The quantitative estimate of drug-likeness (QED) is 0.821. The number of nitrogens with one attached hydrogen (secondary N) is 2. The first-order valence-corrected chi connectivity index (χ1v) is 10.8. The highest BCUT2D eigenvalue weighted by Crippen LogP contribution is 2.33. The minimum atomic E-state index is -3.46. The fourth-order valence-electron chi connectivity index (χ4n) is 2.71. The lowest BCUT2D eigenvalue weighted by molar-refractivity contribution is 0.600. The fourth-order valence-corrected chi connectivity index (χ4v) is 4.46. The van der Waals surface area contributed by atoms with Crippen LogP contribution in [0.15, 0.2) is 57.9 Å². The zero-order chi connectivity index (χ0) is 17.7. The van der Waals surface area contributed by atoms with E-state index in [1.165, 1.54) is 6.07 Å². The maximum Gasteiger partial charge on any atom is 0.194 e. The maximum atomic E-state index is 12.0. The zero-order valence-electron chi connectivity index (χ0n) is 13.4. The van der Waals surface area contributed by atoms with Crippen molar-refractivity contribution in [1.29, 1.82) is 0 Å². The Morgan fingerprint density at radius 2 is 1.71 bits per heavy atom. The predicted molar refractivity (Wildman–Crippen MR) is 92.1 cm³/mol. The number of sulfone groups is 2. The summed E-state index contributed by atoms with van der Waals surface area (Å²) in [5.74, 6) is 0. The Morgan fingerprint density at radius 1 is 1.00 bits per heavy atom. The molecule has 2 heterocycles. The predicted octanol–water partition coefficient (Wildman–Crippen LogP) is 0.938. The third-order valence-electron chi connectivity index (χ3n) is 3.73. The Bertz CT molecular complexity index is 1020. The van der Waals surface area contributed by atoms with Gasteiger partial charge in [-0.05, 0) is 42.8 Å². The van der Waals surface area contributed by atoms with Gasteiger partial charge in [0.05, 0.1) is 10.6 Å². The Balaban J connectivity index is 2.15. The topological polar surface area (TPSA) is 95.6 Å². The van der Waals surface area contributed by atoms with E-state index < -0.39 is 19.7 Å². The van der Waals surface area contributed by atoms with Crippen molar-refractivity contribution in [2.75, 3.05) is 17.4 Å². The molecule has 0 atom stereocenters. The van der Waals surface area contributed by atoms with Gasteiger partial charge in [-0.1, -0.05) is 0 Å². The summed E-state index contributed by atoms with van der Waals surface area (Å²) in [5.41, 5.74) is 7.89. The second kappa shape index (κ2) is 5.38. The van der Waals surface area contributed by atoms with Crippen LogP contribution >= 0.6 is 0 Å². The van der Waals surface area contributed by atoms with Crippen LogP contribution in [0.2, 0.25) is 0 Å². The smallest absolute Gasteiger partial charge is 0.194 e. The summed E-state index contributed by atoms with van der Waals surface area (Å²) in [5, 5.41) is 0.0722. The van der Waals surface area contributed by atoms with Crippen molar-refractivity contribution in [3.8, 4) is 0 Å². The monoisotopic (exact) mass is 367 g/mol. The van der Waals surface area contributed by atoms with Crippen LogP contribution in [0.3, 0.4) is 0 Å². The van der Waals surface area contributed by atoms with Crippen LogP contribution in [0, 0.1) is 6.92 Å². The van der Waals surface area contributed by atoms with E-state index in [1.54, 1.807) is 42.3 Å². The second-order valence-electron chi connectivity index (χ2n) is 5.71. The van der Waals surface area contributed by atoms with E-state index in [0.29, 0.717) is 22.6 Å². The highest BCUT2D eigenvalue weighted by molar-refractivity contribution is 7.94. The molecular formula is C15H17N3O4S2. The van der Waals surface area contributed by atoms with E-state index in [1.807, 2.05) is 0 Å². The van der Waals surface area contributed by atoms with Gasteiger partial charge < -0.3 is 4.90 Å². The summed E-state index contributed by atoms with van der Waals surface area (Å²) in [6.07, 6.45) is 7.55. The molecule has 0 fully saturated rings. The van der Waals surface area contributed by atoms with Crippen molar-refractivity contribution in [3.63, 3.8) is 0 Å². The Morgan fingerprint density at radius 3 is 2.29 bits per heavy atom. The zero-order valence-corrected chi connectivity index (χ0v) is 15.0. The molecule has 0 saturated heterocycles. The molecular weight excluding hydrogens is 350 g/mol.